The van der Waals surface area contributed by atoms with E-state index >= 15 is 0 Å². The minimum atomic E-state index is -3.26. The molecule has 0 aromatic carbocycles. The van der Waals surface area contributed by atoms with Crippen LogP contribution in [0.1, 0.15) is 19.3 Å². The zero-order valence-corrected chi connectivity index (χ0v) is 7.92. The van der Waals surface area contributed by atoms with Crippen LogP contribution < -0.4 is 0 Å². The molecule has 0 bridgehead atoms. The first-order valence-corrected chi connectivity index (χ1v) is 5.74. The van der Waals surface area contributed by atoms with E-state index in [9.17, 15) is 0 Å². The van der Waals surface area contributed by atoms with Gasteiger partial charge in [-0.2, -0.15) is 0 Å². The van der Waals surface area contributed by atoms with Gasteiger partial charge in [0.1, 0.15) is 0 Å². The quantitative estimate of drug-likeness (QED) is 0.359. The molecule has 0 saturated carbocycles. The second-order valence-electron chi connectivity index (χ2n) is 2.48. The van der Waals surface area contributed by atoms with E-state index in [1.165, 1.54) is 7.11 Å². The van der Waals surface area contributed by atoms with E-state index in [1.807, 2.05) is 6.08 Å². The first-order chi connectivity index (χ1) is 5.12. The van der Waals surface area contributed by atoms with Crippen molar-refractivity contribution in [2.75, 3.05) is 7.11 Å². The van der Waals surface area contributed by atoms with Gasteiger partial charge < -0.3 is 14.0 Å². The van der Waals surface area contributed by atoms with Gasteiger partial charge in [-0.25, -0.2) is 0 Å². The molecule has 0 fully saturated rings. The lowest BCUT2D eigenvalue weighted by Gasteiger charge is -2.13. The number of unbranched alkanes of at least 4 members (excludes halogenated alkanes) is 2. The molecule has 0 rings (SSSR count). The van der Waals surface area contributed by atoms with Crippen LogP contribution >= 0.6 is 0 Å². The summed E-state index contributed by atoms with van der Waals surface area (Å²) in [7, 11) is -1.93. The van der Waals surface area contributed by atoms with E-state index in [0.29, 0.717) is 6.04 Å². The van der Waals surface area contributed by atoms with E-state index in [-0.39, 0.29) is 0 Å². The van der Waals surface area contributed by atoms with Gasteiger partial charge >= 0.3 is 8.80 Å². The van der Waals surface area contributed by atoms with Crippen molar-refractivity contribution < 1.29 is 14.0 Å². The molecule has 0 aliphatic rings. The van der Waals surface area contributed by atoms with Gasteiger partial charge in [0.25, 0.3) is 0 Å². The van der Waals surface area contributed by atoms with E-state index in [0.717, 1.165) is 19.3 Å². The molecule has 2 N–H and O–H groups in total. The maximum absolute atomic E-state index is 9.07. The summed E-state index contributed by atoms with van der Waals surface area (Å²) in [5, 5.41) is 0. The summed E-state index contributed by atoms with van der Waals surface area (Å²) in [5.41, 5.74) is 0. The minimum absolute atomic E-state index is 0.386. The highest BCUT2D eigenvalue weighted by atomic mass is 28.4. The first-order valence-electron chi connectivity index (χ1n) is 3.73. The van der Waals surface area contributed by atoms with Gasteiger partial charge in [0.15, 0.2) is 0 Å². The lowest BCUT2D eigenvalue weighted by Crippen LogP contribution is -2.37. The maximum atomic E-state index is 9.07. The molecular weight excluding hydrogens is 160 g/mol. The van der Waals surface area contributed by atoms with Crippen molar-refractivity contribution in [1.29, 1.82) is 0 Å². The summed E-state index contributed by atoms with van der Waals surface area (Å²) in [6.45, 7) is 3.57. The van der Waals surface area contributed by atoms with Gasteiger partial charge in [-0.15, -0.1) is 6.58 Å². The third-order valence-corrected chi connectivity index (χ3v) is 3.15. The molecule has 0 saturated heterocycles. The topological polar surface area (TPSA) is 49.7 Å². The standard InChI is InChI=1S/C7H16O3Si/c1-3-4-5-6-7-11(8,9)10-2/h3,8-9H,1,4-7H2,2H3. The van der Waals surface area contributed by atoms with Crippen molar-refractivity contribution in [3.63, 3.8) is 0 Å². The van der Waals surface area contributed by atoms with Crippen LogP contribution in [0.15, 0.2) is 12.7 Å². The van der Waals surface area contributed by atoms with Gasteiger partial charge in [0.05, 0.1) is 0 Å². The molecule has 0 aliphatic carbocycles. The summed E-state index contributed by atoms with van der Waals surface area (Å²) in [6.07, 6.45) is 4.49. The third kappa shape index (κ3) is 6.24. The fourth-order valence-electron chi connectivity index (χ4n) is 0.746. The zero-order chi connectivity index (χ0) is 8.74. The summed E-state index contributed by atoms with van der Waals surface area (Å²) in [6, 6.07) is 0.386. The monoisotopic (exact) mass is 176 g/mol. The predicted molar refractivity (Wildman–Crippen MR) is 46.1 cm³/mol. The van der Waals surface area contributed by atoms with Gasteiger partial charge in [0.2, 0.25) is 0 Å². The van der Waals surface area contributed by atoms with Crippen LogP contribution in [0, 0.1) is 0 Å². The normalized spacial score (nSPS) is 11.5. The predicted octanol–water partition coefficient (Wildman–Crippen LogP) is 0.913. The molecule has 11 heavy (non-hydrogen) atoms. The highest BCUT2D eigenvalue weighted by Crippen LogP contribution is 2.09. The van der Waals surface area contributed by atoms with Crippen molar-refractivity contribution in [3.05, 3.63) is 12.7 Å². The Kier molecular flexibility index (Phi) is 5.40. The molecule has 0 spiro atoms. The summed E-state index contributed by atoms with van der Waals surface area (Å²) in [4.78, 5) is 18.1. The average molecular weight is 176 g/mol. The van der Waals surface area contributed by atoms with Crippen molar-refractivity contribution in [2.24, 2.45) is 0 Å². The third-order valence-electron chi connectivity index (χ3n) is 1.49. The molecule has 66 valence electrons. The van der Waals surface area contributed by atoms with Crippen LogP contribution in [-0.2, 0) is 4.43 Å². The van der Waals surface area contributed by atoms with Gasteiger partial charge in [-0.3, -0.25) is 0 Å². The molecule has 4 heteroatoms. The summed E-state index contributed by atoms with van der Waals surface area (Å²) < 4.78 is 4.54. The number of hydrogen-bond donors (Lipinski definition) is 2. The second kappa shape index (κ2) is 5.48. The lowest BCUT2D eigenvalue weighted by atomic mass is 10.2. The molecule has 0 aromatic rings. The molecule has 0 atom stereocenters. The number of allylic oxidation sites excluding steroid dienone is 1. The highest BCUT2D eigenvalue weighted by Gasteiger charge is 2.29. The Morgan fingerprint density at radius 2 is 2.09 bits per heavy atom. The van der Waals surface area contributed by atoms with Crippen LogP contribution in [-0.4, -0.2) is 25.5 Å². The van der Waals surface area contributed by atoms with Gasteiger partial charge in [0, 0.05) is 13.2 Å². The molecule has 0 aromatic heterocycles. The minimum Gasteiger partial charge on any atom is -0.390 e. The Balaban J connectivity index is 3.29. The molecular formula is C7H16O3Si. The molecule has 3 nitrogen and oxygen atoms in total. The summed E-state index contributed by atoms with van der Waals surface area (Å²) >= 11 is 0. The van der Waals surface area contributed by atoms with Crippen molar-refractivity contribution in [1.82, 2.24) is 0 Å². The van der Waals surface area contributed by atoms with Gasteiger partial charge in [-0.1, -0.05) is 6.08 Å². The fourth-order valence-corrected chi connectivity index (χ4v) is 1.66. The molecule has 0 aliphatic heterocycles. The Morgan fingerprint density at radius 1 is 1.45 bits per heavy atom. The fraction of sp³-hybridized carbons (Fsp3) is 0.714. The first kappa shape index (κ1) is 10.8. The molecule has 0 unspecified atom stereocenters. The number of hydrogen-bond acceptors (Lipinski definition) is 3. The van der Waals surface area contributed by atoms with Crippen LogP contribution in [0.4, 0.5) is 0 Å². The maximum Gasteiger partial charge on any atom is 0.495 e. The summed E-state index contributed by atoms with van der Waals surface area (Å²) in [5.74, 6) is 0. The Hall–Kier alpha value is -0.163. The molecule has 0 heterocycles. The second-order valence-corrected chi connectivity index (χ2v) is 4.88. The Labute approximate surface area is 68.7 Å². The molecule has 0 radical (unpaired) electrons. The Morgan fingerprint density at radius 3 is 2.55 bits per heavy atom. The largest absolute Gasteiger partial charge is 0.495 e. The van der Waals surface area contributed by atoms with Crippen molar-refractivity contribution >= 4 is 8.80 Å². The van der Waals surface area contributed by atoms with Crippen molar-refractivity contribution in [3.8, 4) is 0 Å². The van der Waals surface area contributed by atoms with Crippen LogP contribution in [0.5, 0.6) is 0 Å². The zero-order valence-electron chi connectivity index (χ0n) is 6.92. The SMILES string of the molecule is C=CCCCC[Si](O)(O)OC. The van der Waals surface area contributed by atoms with E-state index in [2.05, 4.69) is 11.0 Å². The van der Waals surface area contributed by atoms with Crippen LogP contribution in [0.3, 0.4) is 0 Å². The van der Waals surface area contributed by atoms with E-state index in [4.69, 9.17) is 9.59 Å². The van der Waals surface area contributed by atoms with E-state index in [1.54, 1.807) is 0 Å². The van der Waals surface area contributed by atoms with Crippen molar-refractivity contribution in [2.45, 2.75) is 25.3 Å². The molecule has 0 amide bonds. The van der Waals surface area contributed by atoms with Gasteiger partial charge in [-0.05, 0) is 19.3 Å². The average Bonchev–Trinajstić information content (AvgIpc) is 1.99. The van der Waals surface area contributed by atoms with Crippen LogP contribution in [0.2, 0.25) is 6.04 Å². The van der Waals surface area contributed by atoms with E-state index < -0.39 is 8.80 Å². The van der Waals surface area contributed by atoms with Crippen LogP contribution in [0.25, 0.3) is 0 Å². The lowest BCUT2D eigenvalue weighted by molar-refractivity contribution is 0.183. The highest BCUT2D eigenvalue weighted by molar-refractivity contribution is 6.57. The number of rotatable bonds is 6. The Bertz CT molecular complexity index is 114. The smallest absolute Gasteiger partial charge is 0.390 e.